The van der Waals surface area contributed by atoms with E-state index in [1.807, 2.05) is 0 Å². The van der Waals surface area contributed by atoms with E-state index in [1.165, 1.54) is 83.5 Å². The van der Waals surface area contributed by atoms with Crippen LogP contribution in [-0.2, 0) is 32.7 Å². The first-order valence-electron chi connectivity index (χ1n) is 22.8. The van der Waals surface area contributed by atoms with Gasteiger partial charge in [0.05, 0.1) is 13.2 Å². The average molecular weight is 822 g/mol. The number of hydrogen-bond donors (Lipinski definition) is 2. The van der Waals surface area contributed by atoms with Crippen molar-refractivity contribution in [2.45, 2.75) is 200 Å². The van der Waals surface area contributed by atoms with Crippen molar-refractivity contribution in [2.75, 3.05) is 26.4 Å². The fourth-order valence-electron chi connectivity index (χ4n) is 5.96. The highest BCUT2D eigenvalue weighted by atomic mass is 31.2. The van der Waals surface area contributed by atoms with Crippen LogP contribution in [-0.4, -0.2) is 49.3 Å². The number of hydrogen-bond acceptors (Lipinski definition) is 8. The van der Waals surface area contributed by atoms with E-state index in [0.29, 0.717) is 12.8 Å². The number of phosphoric acid groups is 1. The van der Waals surface area contributed by atoms with Gasteiger partial charge in [-0.15, -0.1) is 0 Å². The van der Waals surface area contributed by atoms with Crippen LogP contribution in [0.1, 0.15) is 194 Å². The van der Waals surface area contributed by atoms with E-state index in [2.05, 4.69) is 74.6 Å². The van der Waals surface area contributed by atoms with Crippen molar-refractivity contribution < 1.29 is 37.6 Å². The van der Waals surface area contributed by atoms with Crippen LogP contribution in [0.2, 0.25) is 0 Å². The Morgan fingerprint density at radius 2 is 0.912 bits per heavy atom. The molecule has 0 rings (SSSR count). The van der Waals surface area contributed by atoms with Gasteiger partial charge in [0.25, 0.3) is 0 Å². The molecule has 3 N–H and O–H groups in total. The summed E-state index contributed by atoms with van der Waals surface area (Å²) >= 11 is 0. The van der Waals surface area contributed by atoms with Gasteiger partial charge < -0.3 is 20.1 Å². The van der Waals surface area contributed by atoms with E-state index >= 15 is 0 Å². The fraction of sp³-hybridized carbons (Fsp3) is 0.745. The van der Waals surface area contributed by atoms with Gasteiger partial charge in [-0.3, -0.25) is 18.6 Å². The number of unbranched alkanes of at least 4 members (excludes halogenated alkanes) is 19. The minimum absolute atomic E-state index is 0.0470. The Labute approximate surface area is 349 Å². The normalized spacial score (nSPS) is 13.8. The monoisotopic (exact) mass is 822 g/mol. The molecule has 0 saturated heterocycles. The van der Waals surface area contributed by atoms with Crippen molar-refractivity contribution in [3.05, 3.63) is 60.8 Å². The molecule has 0 amide bonds. The molecule has 2 unspecified atom stereocenters. The van der Waals surface area contributed by atoms with E-state index in [1.54, 1.807) is 0 Å². The molecule has 10 heteroatoms. The zero-order chi connectivity index (χ0) is 41.8. The van der Waals surface area contributed by atoms with Crippen LogP contribution >= 0.6 is 7.82 Å². The number of allylic oxidation sites excluding steroid dienone is 10. The van der Waals surface area contributed by atoms with Crippen molar-refractivity contribution in [1.29, 1.82) is 0 Å². The zero-order valence-electron chi connectivity index (χ0n) is 36.3. The summed E-state index contributed by atoms with van der Waals surface area (Å²) in [7, 11) is -4.39. The summed E-state index contributed by atoms with van der Waals surface area (Å²) in [4.78, 5) is 34.9. The second-order valence-corrected chi connectivity index (χ2v) is 16.4. The third-order valence-electron chi connectivity index (χ3n) is 9.38. The SMILES string of the molecule is CCCCCC=CCC=CCC=CCCCCCCC(=O)OCC(COP(=O)(O)OCCN)OC(=O)CCCCCCCCCCCC=CCC=CCCCCC. The molecule has 0 aliphatic heterocycles. The van der Waals surface area contributed by atoms with Crippen LogP contribution in [0.3, 0.4) is 0 Å². The van der Waals surface area contributed by atoms with Crippen LogP contribution in [0.4, 0.5) is 0 Å². The number of ether oxygens (including phenoxy) is 2. The standard InChI is InChI=1S/C47H84NO8P/c1-3-5-7-9-11-13-15-17-19-21-22-24-26-28-30-32-34-36-38-40-47(50)56-45(44-55-57(51,52)54-42-41-48)43-53-46(49)39-37-35-33-31-29-27-25-23-20-18-16-14-12-10-8-6-4-2/h11-14,17-20,25,27,45H,3-10,15-16,21-24,26,28-44,48H2,1-2H3,(H,51,52). The fourth-order valence-corrected chi connectivity index (χ4v) is 6.73. The Morgan fingerprint density at radius 3 is 1.35 bits per heavy atom. The lowest BCUT2D eigenvalue weighted by molar-refractivity contribution is -0.161. The molecule has 0 aromatic rings. The molecular formula is C47H84NO8P. The molecule has 0 bridgehead atoms. The summed E-state index contributed by atoms with van der Waals surface area (Å²) in [6, 6.07) is 0. The lowest BCUT2D eigenvalue weighted by Gasteiger charge is -2.19. The second-order valence-electron chi connectivity index (χ2n) is 14.9. The number of carbonyl (C=O) groups is 2. The predicted octanol–water partition coefficient (Wildman–Crippen LogP) is 13.3. The second kappa shape index (κ2) is 43.3. The Balaban J connectivity index is 4.18. The van der Waals surface area contributed by atoms with Crippen molar-refractivity contribution in [1.82, 2.24) is 0 Å². The van der Waals surface area contributed by atoms with E-state index in [9.17, 15) is 19.0 Å². The molecular weight excluding hydrogens is 737 g/mol. The Morgan fingerprint density at radius 1 is 0.526 bits per heavy atom. The number of phosphoric ester groups is 1. The van der Waals surface area contributed by atoms with Crippen LogP contribution in [0, 0.1) is 0 Å². The van der Waals surface area contributed by atoms with E-state index in [4.69, 9.17) is 24.3 Å². The molecule has 57 heavy (non-hydrogen) atoms. The van der Waals surface area contributed by atoms with Gasteiger partial charge in [0.2, 0.25) is 0 Å². The summed E-state index contributed by atoms with van der Waals surface area (Å²) < 4.78 is 32.8. The summed E-state index contributed by atoms with van der Waals surface area (Å²) in [6.45, 7) is 3.65. The first-order chi connectivity index (χ1) is 27.8. The van der Waals surface area contributed by atoms with Crippen molar-refractivity contribution in [3.8, 4) is 0 Å². The molecule has 0 aromatic carbocycles. The van der Waals surface area contributed by atoms with Gasteiger partial charge in [0.15, 0.2) is 6.10 Å². The smallest absolute Gasteiger partial charge is 0.462 e. The number of carbonyl (C=O) groups excluding carboxylic acids is 2. The lowest BCUT2D eigenvalue weighted by Crippen LogP contribution is -2.29. The van der Waals surface area contributed by atoms with Gasteiger partial charge in [-0.1, -0.05) is 158 Å². The largest absolute Gasteiger partial charge is 0.472 e. The van der Waals surface area contributed by atoms with Gasteiger partial charge in [-0.05, 0) is 83.5 Å². The van der Waals surface area contributed by atoms with Crippen molar-refractivity contribution >= 4 is 19.8 Å². The molecule has 0 saturated carbocycles. The molecule has 0 heterocycles. The molecule has 2 atom stereocenters. The van der Waals surface area contributed by atoms with Crippen LogP contribution < -0.4 is 5.73 Å². The quantitative estimate of drug-likeness (QED) is 0.0267. The van der Waals surface area contributed by atoms with Gasteiger partial charge in [-0.25, -0.2) is 4.57 Å². The van der Waals surface area contributed by atoms with Gasteiger partial charge in [-0.2, -0.15) is 0 Å². The average Bonchev–Trinajstić information content (AvgIpc) is 3.20. The third-order valence-corrected chi connectivity index (χ3v) is 10.4. The minimum atomic E-state index is -4.39. The van der Waals surface area contributed by atoms with Crippen molar-refractivity contribution in [2.24, 2.45) is 5.73 Å². The van der Waals surface area contributed by atoms with Gasteiger partial charge in [0, 0.05) is 19.4 Å². The molecule has 0 aliphatic rings. The Kier molecular flexibility index (Phi) is 41.6. The minimum Gasteiger partial charge on any atom is -0.462 e. The first kappa shape index (κ1) is 54.7. The first-order valence-corrected chi connectivity index (χ1v) is 24.3. The Hall–Kier alpha value is -2.29. The molecule has 0 aromatic heterocycles. The maximum atomic E-state index is 12.6. The number of nitrogens with two attached hydrogens (primary N) is 1. The summed E-state index contributed by atoms with van der Waals surface area (Å²) in [5.41, 5.74) is 5.35. The molecule has 0 aliphatic carbocycles. The zero-order valence-corrected chi connectivity index (χ0v) is 37.2. The highest BCUT2D eigenvalue weighted by molar-refractivity contribution is 7.47. The van der Waals surface area contributed by atoms with E-state index in [-0.39, 0.29) is 32.6 Å². The van der Waals surface area contributed by atoms with Crippen molar-refractivity contribution in [3.63, 3.8) is 0 Å². The number of esters is 2. The summed E-state index contributed by atoms with van der Waals surface area (Å²) in [5.74, 6) is -0.860. The van der Waals surface area contributed by atoms with Gasteiger partial charge >= 0.3 is 19.8 Å². The summed E-state index contributed by atoms with van der Waals surface area (Å²) in [5, 5.41) is 0. The maximum absolute atomic E-state index is 12.6. The van der Waals surface area contributed by atoms with Crippen LogP contribution in [0.15, 0.2) is 60.8 Å². The molecule has 0 spiro atoms. The predicted molar refractivity (Wildman–Crippen MR) is 238 cm³/mol. The van der Waals surface area contributed by atoms with Crippen LogP contribution in [0.25, 0.3) is 0 Å². The molecule has 9 nitrogen and oxygen atoms in total. The molecule has 0 radical (unpaired) electrons. The molecule has 0 fully saturated rings. The number of rotatable bonds is 42. The van der Waals surface area contributed by atoms with Gasteiger partial charge in [0.1, 0.15) is 6.61 Å². The highest BCUT2D eigenvalue weighted by Crippen LogP contribution is 2.43. The van der Waals surface area contributed by atoms with E-state index < -0.39 is 32.5 Å². The topological polar surface area (TPSA) is 134 Å². The highest BCUT2D eigenvalue weighted by Gasteiger charge is 2.26. The van der Waals surface area contributed by atoms with E-state index in [0.717, 1.165) is 70.6 Å². The third kappa shape index (κ3) is 43.1. The maximum Gasteiger partial charge on any atom is 0.472 e. The van der Waals surface area contributed by atoms with Crippen LogP contribution in [0.5, 0.6) is 0 Å². The molecule has 330 valence electrons. The lowest BCUT2D eigenvalue weighted by atomic mass is 10.1. The summed E-state index contributed by atoms with van der Waals surface area (Å²) in [6.07, 6.45) is 51.0. The Bertz CT molecular complexity index is 1120.